The molecule has 0 spiro atoms. The van der Waals surface area contributed by atoms with Crippen LogP contribution in [0.3, 0.4) is 0 Å². The number of rotatable bonds is 74. The van der Waals surface area contributed by atoms with Crippen LogP contribution in [0, 0.1) is 0 Å². The smallest absolute Gasteiger partial charge is 0.462 e. The van der Waals surface area contributed by atoms with E-state index in [1.807, 2.05) is 0 Å². The van der Waals surface area contributed by atoms with Gasteiger partial charge in [0.2, 0.25) is 0 Å². The third-order valence-electron chi connectivity index (χ3n) is 17.1. The van der Waals surface area contributed by atoms with Crippen LogP contribution in [0.1, 0.15) is 387 Å². The van der Waals surface area contributed by atoms with Crippen LogP contribution >= 0.6 is 15.6 Å². The van der Waals surface area contributed by atoms with Crippen LogP contribution in [0.25, 0.3) is 0 Å². The molecule has 19 heteroatoms. The van der Waals surface area contributed by atoms with E-state index in [0.29, 0.717) is 25.7 Å². The first-order chi connectivity index (χ1) is 44.7. The van der Waals surface area contributed by atoms with Crippen molar-refractivity contribution in [3.63, 3.8) is 0 Å². The number of hydrogen-bond acceptors (Lipinski definition) is 15. The van der Waals surface area contributed by atoms with Gasteiger partial charge in [-0.05, 0) is 25.7 Å². The molecule has 0 bridgehead atoms. The minimum Gasteiger partial charge on any atom is -0.462 e. The molecule has 0 aliphatic heterocycles. The van der Waals surface area contributed by atoms with Gasteiger partial charge in [0.1, 0.15) is 19.3 Å². The Morgan fingerprint density at radius 3 is 0.641 bits per heavy atom. The first kappa shape index (κ1) is 90.1. The summed E-state index contributed by atoms with van der Waals surface area (Å²) in [5.41, 5.74) is 0. The molecule has 2 unspecified atom stereocenters. The van der Waals surface area contributed by atoms with Gasteiger partial charge in [0.25, 0.3) is 0 Å². The average molecular weight is 1350 g/mol. The predicted octanol–water partition coefficient (Wildman–Crippen LogP) is 21.4. The van der Waals surface area contributed by atoms with Crippen molar-refractivity contribution in [2.45, 2.75) is 406 Å². The number of ether oxygens (including phenoxy) is 4. The fourth-order valence-electron chi connectivity index (χ4n) is 11.2. The van der Waals surface area contributed by atoms with E-state index < -0.39 is 97.5 Å². The fraction of sp³-hybridized carbons (Fsp3) is 0.945. The second-order valence-corrected chi connectivity index (χ2v) is 29.2. The Bertz CT molecular complexity index is 1760. The number of carbonyl (C=O) groups excluding carboxylic acids is 4. The molecule has 546 valence electrons. The maximum Gasteiger partial charge on any atom is 0.472 e. The molecular weight excluding hydrogens is 1210 g/mol. The molecule has 0 saturated carbocycles. The van der Waals surface area contributed by atoms with Crippen LogP contribution in [0.15, 0.2) is 0 Å². The molecule has 92 heavy (non-hydrogen) atoms. The highest BCUT2D eigenvalue weighted by atomic mass is 31.2. The molecule has 0 heterocycles. The predicted molar refractivity (Wildman–Crippen MR) is 372 cm³/mol. The third-order valence-corrected chi connectivity index (χ3v) is 19.0. The lowest BCUT2D eigenvalue weighted by Crippen LogP contribution is -2.30. The van der Waals surface area contributed by atoms with E-state index in [-0.39, 0.29) is 25.7 Å². The molecule has 0 aromatic rings. The van der Waals surface area contributed by atoms with Gasteiger partial charge < -0.3 is 33.8 Å². The molecule has 0 radical (unpaired) electrons. The van der Waals surface area contributed by atoms with Crippen molar-refractivity contribution in [1.29, 1.82) is 0 Å². The van der Waals surface area contributed by atoms with Crippen molar-refractivity contribution < 1.29 is 80.2 Å². The van der Waals surface area contributed by atoms with Crippen LogP contribution in [0.4, 0.5) is 0 Å². The van der Waals surface area contributed by atoms with Crippen molar-refractivity contribution in [2.24, 2.45) is 0 Å². The van der Waals surface area contributed by atoms with Gasteiger partial charge in [-0.2, -0.15) is 0 Å². The Morgan fingerprint density at radius 2 is 0.435 bits per heavy atom. The first-order valence-corrected chi connectivity index (χ1v) is 41.3. The van der Waals surface area contributed by atoms with Crippen LogP contribution in [-0.2, 0) is 65.4 Å². The summed E-state index contributed by atoms with van der Waals surface area (Å²) in [5.74, 6) is -2.12. The zero-order valence-corrected chi connectivity index (χ0v) is 61.3. The lowest BCUT2D eigenvalue weighted by molar-refractivity contribution is -0.161. The average Bonchev–Trinajstić information content (AvgIpc) is 2.17. The van der Waals surface area contributed by atoms with E-state index in [1.54, 1.807) is 0 Å². The largest absolute Gasteiger partial charge is 0.472 e. The van der Waals surface area contributed by atoms with Crippen LogP contribution in [0.2, 0.25) is 0 Å². The van der Waals surface area contributed by atoms with Crippen molar-refractivity contribution in [1.82, 2.24) is 0 Å². The van der Waals surface area contributed by atoms with E-state index in [1.165, 1.54) is 205 Å². The number of phosphoric acid groups is 2. The van der Waals surface area contributed by atoms with Crippen molar-refractivity contribution in [3.8, 4) is 0 Å². The molecule has 0 aliphatic rings. The lowest BCUT2D eigenvalue weighted by atomic mass is 10.0. The van der Waals surface area contributed by atoms with E-state index >= 15 is 0 Å². The quantitative estimate of drug-likeness (QED) is 0.0222. The summed E-state index contributed by atoms with van der Waals surface area (Å²) in [6.45, 7) is 4.92. The number of unbranched alkanes of at least 4 members (excludes halogenated alkanes) is 48. The molecule has 0 amide bonds. The van der Waals surface area contributed by atoms with E-state index in [2.05, 4.69) is 27.7 Å². The Hall–Kier alpha value is -1.94. The monoisotopic (exact) mass is 1350 g/mol. The second-order valence-electron chi connectivity index (χ2n) is 26.3. The van der Waals surface area contributed by atoms with Gasteiger partial charge >= 0.3 is 39.5 Å². The summed E-state index contributed by atoms with van der Waals surface area (Å²) in [6, 6.07) is 0. The highest BCUT2D eigenvalue weighted by Crippen LogP contribution is 2.45. The van der Waals surface area contributed by atoms with Gasteiger partial charge in [-0.15, -0.1) is 0 Å². The van der Waals surface area contributed by atoms with Gasteiger partial charge in [-0.1, -0.05) is 336 Å². The lowest BCUT2D eigenvalue weighted by Gasteiger charge is -2.21. The van der Waals surface area contributed by atoms with Crippen molar-refractivity contribution in [2.75, 3.05) is 39.6 Å². The summed E-state index contributed by atoms with van der Waals surface area (Å²) in [5, 5.41) is 10.6. The maximum atomic E-state index is 13.1. The Kier molecular flexibility index (Phi) is 66.2. The SMILES string of the molecule is CCCCCCCCCCCCCCCCCCCCCCCC(=O)O[C@H](COC(=O)CCCCCCCCCCCCCCC)COP(=O)(O)OC[C@@H](O)COP(=O)(O)OC[C@@H](COC(=O)CCCCCCCCC)OC(=O)CCCCCCCCCCCCC. The summed E-state index contributed by atoms with van der Waals surface area (Å²) in [4.78, 5) is 72.5. The number of esters is 4. The second kappa shape index (κ2) is 67.6. The third kappa shape index (κ3) is 66.7. The summed E-state index contributed by atoms with van der Waals surface area (Å²) < 4.78 is 68.3. The number of aliphatic hydroxyl groups excluding tert-OH is 1. The number of phosphoric ester groups is 2. The highest BCUT2D eigenvalue weighted by Gasteiger charge is 2.30. The number of carbonyl (C=O) groups is 4. The first-order valence-electron chi connectivity index (χ1n) is 38.3. The maximum absolute atomic E-state index is 13.1. The summed E-state index contributed by atoms with van der Waals surface area (Å²) >= 11 is 0. The van der Waals surface area contributed by atoms with Crippen LogP contribution < -0.4 is 0 Å². The van der Waals surface area contributed by atoms with Gasteiger partial charge in [0.15, 0.2) is 12.2 Å². The molecule has 0 saturated heterocycles. The van der Waals surface area contributed by atoms with Gasteiger partial charge in [-0.3, -0.25) is 37.3 Å². The molecular formula is C73H142O17P2. The molecule has 5 atom stereocenters. The Balaban J connectivity index is 5.14. The van der Waals surface area contributed by atoms with Crippen molar-refractivity contribution in [3.05, 3.63) is 0 Å². The van der Waals surface area contributed by atoms with Gasteiger partial charge in [0.05, 0.1) is 26.4 Å². The van der Waals surface area contributed by atoms with Crippen molar-refractivity contribution >= 4 is 39.5 Å². The van der Waals surface area contributed by atoms with E-state index in [0.717, 1.165) is 103 Å². The highest BCUT2D eigenvalue weighted by molar-refractivity contribution is 7.47. The Labute approximate surface area is 562 Å². The van der Waals surface area contributed by atoms with Gasteiger partial charge in [0, 0.05) is 25.7 Å². The summed E-state index contributed by atoms with van der Waals surface area (Å²) in [6.07, 6.45) is 57.1. The molecule has 0 aromatic heterocycles. The molecule has 0 aliphatic carbocycles. The number of hydrogen-bond donors (Lipinski definition) is 3. The van der Waals surface area contributed by atoms with E-state index in [9.17, 15) is 43.2 Å². The van der Waals surface area contributed by atoms with Crippen LogP contribution in [0.5, 0.6) is 0 Å². The molecule has 0 fully saturated rings. The van der Waals surface area contributed by atoms with Crippen LogP contribution in [-0.4, -0.2) is 96.7 Å². The van der Waals surface area contributed by atoms with Gasteiger partial charge in [-0.25, -0.2) is 9.13 Å². The zero-order valence-electron chi connectivity index (χ0n) is 59.5. The molecule has 3 N–H and O–H groups in total. The standard InChI is InChI=1S/C73H142O17P2/c1-5-9-13-17-21-24-27-29-30-31-32-33-34-35-36-38-41-44-48-52-56-60-73(78)90-69(64-84-71(76)58-54-50-46-42-40-37-28-25-22-18-14-10-6-2)66-88-92(81,82)86-62-67(74)61-85-91(79,80)87-65-68(63-83-70(75)57-53-49-45-20-16-12-8-4)89-72(77)59-55-51-47-43-39-26-23-19-15-11-7-3/h67-69,74H,5-66H2,1-4H3,(H,79,80)(H,81,82)/t67-,68+,69+/m0/s1. The topological polar surface area (TPSA) is 237 Å². The minimum absolute atomic E-state index is 0.107. The zero-order chi connectivity index (χ0) is 67.5. The summed E-state index contributed by atoms with van der Waals surface area (Å²) in [7, 11) is -9.90. The Morgan fingerprint density at radius 1 is 0.261 bits per heavy atom. The van der Waals surface area contributed by atoms with E-state index in [4.69, 9.17) is 37.0 Å². The normalized spacial score (nSPS) is 13.9. The molecule has 17 nitrogen and oxygen atoms in total. The minimum atomic E-state index is -4.95. The number of aliphatic hydroxyl groups is 1. The fourth-order valence-corrected chi connectivity index (χ4v) is 12.8. The molecule has 0 rings (SSSR count). The molecule has 0 aromatic carbocycles.